The normalized spacial score (nSPS) is 11.0. The Balaban J connectivity index is 1.76. The number of rotatable bonds is 5. The number of nitrogens with one attached hydrogen (secondary N) is 1. The lowest BCUT2D eigenvalue weighted by Gasteiger charge is -2.10. The highest BCUT2D eigenvalue weighted by atomic mass is 32.1. The first-order chi connectivity index (χ1) is 14.9. The maximum atomic E-state index is 13.2. The molecular formula is C24H23N3O3S. The molecule has 0 aliphatic carbocycles. The van der Waals surface area contributed by atoms with Gasteiger partial charge in [-0.2, -0.15) is 0 Å². The molecule has 0 unspecified atom stereocenters. The minimum atomic E-state index is -0.456. The largest absolute Gasteiger partial charge is 0.462 e. The summed E-state index contributed by atoms with van der Waals surface area (Å²) in [4.78, 5) is 30.5. The number of carbonyl (C=O) groups excluding carboxylic acids is 2. The Kier molecular flexibility index (Phi) is 5.61. The van der Waals surface area contributed by atoms with E-state index in [-0.39, 0.29) is 12.5 Å². The van der Waals surface area contributed by atoms with Crippen molar-refractivity contribution in [1.82, 2.24) is 9.38 Å². The molecule has 4 rings (SSSR count). The van der Waals surface area contributed by atoms with Crippen molar-refractivity contribution in [2.24, 2.45) is 0 Å². The van der Waals surface area contributed by atoms with Crippen molar-refractivity contribution in [2.45, 2.75) is 27.7 Å². The van der Waals surface area contributed by atoms with Crippen LogP contribution in [0.2, 0.25) is 0 Å². The van der Waals surface area contributed by atoms with Crippen molar-refractivity contribution in [3.05, 3.63) is 76.1 Å². The molecule has 3 heterocycles. The van der Waals surface area contributed by atoms with Crippen LogP contribution in [0.1, 0.15) is 44.6 Å². The smallest absolute Gasteiger partial charge is 0.341 e. The van der Waals surface area contributed by atoms with Crippen LogP contribution in [-0.4, -0.2) is 27.9 Å². The number of ether oxygens (including phenoxy) is 1. The second-order valence-corrected chi connectivity index (χ2v) is 8.18. The van der Waals surface area contributed by atoms with Crippen LogP contribution >= 0.6 is 11.3 Å². The maximum absolute atomic E-state index is 13.2. The van der Waals surface area contributed by atoms with Crippen LogP contribution in [0.15, 0.2) is 48.0 Å². The van der Waals surface area contributed by atoms with Crippen molar-refractivity contribution < 1.29 is 14.3 Å². The number of benzene rings is 1. The molecule has 0 radical (unpaired) electrons. The van der Waals surface area contributed by atoms with Gasteiger partial charge in [-0.15, -0.1) is 11.3 Å². The molecule has 1 amide bonds. The van der Waals surface area contributed by atoms with Gasteiger partial charge < -0.3 is 10.1 Å². The molecule has 4 aromatic rings. The molecule has 3 aromatic heterocycles. The van der Waals surface area contributed by atoms with Gasteiger partial charge in [0.25, 0.3) is 5.91 Å². The molecule has 158 valence electrons. The molecule has 0 fully saturated rings. The van der Waals surface area contributed by atoms with Gasteiger partial charge in [0.05, 0.1) is 12.3 Å². The number of hydrogen-bond donors (Lipinski definition) is 1. The topological polar surface area (TPSA) is 72.7 Å². The van der Waals surface area contributed by atoms with Gasteiger partial charge in [0, 0.05) is 17.1 Å². The van der Waals surface area contributed by atoms with Crippen molar-refractivity contribution in [1.29, 1.82) is 0 Å². The maximum Gasteiger partial charge on any atom is 0.341 e. The van der Waals surface area contributed by atoms with E-state index in [1.165, 1.54) is 16.9 Å². The van der Waals surface area contributed by atoms with Crippen LogP contribution < -0.4 is 5.32 Å². The monoisotopic (exact) mass is 433 g/mol. The zero-order valence-corrected chi connectivity index (χ0v) is 18.7. The first-order valence-electron chi connectivity index (χ1n) is 10.0. The number of pyridine rings is 1. The van der Waals surface area contributed by atoms with Gasteiger partial charge in [0.2, 0.25) is 0 Å². The lowest BCUT2D eigenvalue weighted by atomic mass is 9.99. The zero-order chi connectivity index (χ0) is 22.1. The van der Waals surface area contributed by atoms with E-state index in [0.29, 0.717) is 27.6 Å². The van der Waals surface area contributed by atoms with Crippen molar-refractivity contribution in [3.8, 4) is 11.1 Å². The third kappa shape index (κ3) is 3.84. The van der Waals surface area contributed by atoms with Gasteiger partial charge in [-0.25, -0.2) is 9.78 Å². The Morgan fingerprint density at radius 3 is 2.68 bits per heavy atom. The summed E-state index contributed by atoms with van der Waals surface area (Å²) in [6.45, 7) is 7.89. The predicted octanol–water partition coefficient (Wildman–Crippen LogP) is 5.42. The van der Waals surface area contributed by atoms with Gasteiger partial charge in [0.1, 0.15) is 21.9 Å². The molecule has 0 aliphatic rings. The Bertz CT molecular complexity index is 1300. The third-order valence-electron chi connectivity index (χ3n) is 5.23. The Morgan fingerprint density at radius 1 is 1.13 bits per heavy atom. The molecule has 1 N–H and O–H groups in total. The second-order valence-electron chi connectivity index (χ2n) is 7.30. The average molecular weight is 434 g/mol. The fraction of sp³-hybridized carbons (Fsp3) is 0.208. The van der Waals surface area contributed by atoms with Crippen molar-refractivity contribution in [3.63, 3.8) is 0 Å². The van der Waals surface area contributed by atoms with E-state index in [1.807, 2.05) is 55.6 Å². The van der Waals surface area contributed by atoms with E-state index < -0.39 is 5.97 Å². The minimum Gasteiger partial charge on any atom is -0.462 e. The van der Waals surface area contributed by atoms with Gasteiger partial charge >= 0.3 is 5.97 Å². The molecule has 0 spiro atoms. The van der Waals surface area contributed by atoms with Crippen LogP contribution in [-0.2, 0) is 4.74 Å². The fourth-order valence-corrected chi connectivity index (χ4v) is 4.48. The minimum absolute atomic E-state index is 0.251. The number of nitrogens with zero attached hydrogens (tertiary/aromatic N) is 2. The van der Waals surface area contributed by atoms with Crippen molar-refractivity contribution in [2.75, 3.05) is 11.9 Å². The number of imidazole rings is 1. The highest BCUT2D eigenvalue weighted by molar-refractivity contribution is 7.15. The second kappa shape index (κ2) is 8.35. The Morgan fingerprint density at radius 2 is 1.94 bits per heavy atom. The molecule has 0 saturated carbocycles. The number of aryl methyl sites for hydroxylation is 3. The first kappa shape index (κ1) is 20.8. The van der Waals surface area contributed by atoms with Gasteiger partial charge in [-0.05, 0) is 56.5 Å². The number of esters is 1. The van der Waals surface area contributed by atoms with Gasteiger partial charge in [-0.1, -0.05) is 24.3 Å². The number of anilines is 1. The molecule has 0 aliphatic heterocycles. The zero-order valence-electron chi connectivity index (χ0n) is 17.9. The number of aromatic nitrogens is 2. The molecule has 31 heavy (non-hydrogen) atoms. The van der Waals surface area contributed by atoms with Crippen LogP contribution in [0.3, 0.4) is 0 Å². The van der Waals surface area contributed by atoms with Crippen LogP contribution in [0.25, 0.3) is 16.8 Å². The fourth-order valence-electron chi connectivity index (χ4n) is 3.53. The lowest BCUT2D eigenvalue weighted by molar-refractivity contribution is 0.0529. The molecule has 0 atom stereocenters. The summed E-state index contributed by atoms with van der Waals surface area (Å²) < 4.78 is 7.05. The van der Waals surface area contributed by atoms with Gasteiger partial charge in [0.15, 0.2) is 0 Å². The van der Waals surface area contributed by atoms with Crippen LogP contribution in [0.4, 0.5) is 5.00 Å². The van der Waals surface area contributed by atoms with E-state index in [1.54, 1.807) is 24.4 Å². The summed E-state index contributed by atoms with van der Waals surface area (Å²) in [6.07, 6.45) is 1.80. The summed E-state index contributed by atoms with van der Waals surface area (Å²) in [6, 6.07) is 11.6. The predicted molar refractivity (Wildman–Crippen MR) is 123 cm³/mol. The number of carbonyl (C=O) groups is 2. The van der Waals surface area contributed by atoms with Crippen LogP contribution in [0, 0.1) is 20.8 Å². The van der Waals surface area contributed by atoms with E-state index in [0.717, 1.165) is 16.7 Å². The molecule has 0 saturated heterocycles. The average Bonchev–Trinajstić information content (AvgIpc) is 3.30. The lowest BCUT2D eigenvalue weighted by Crippen LogP contribution is -2.17. The Labute approximate surface area is 184 Å². The molecule has 7 heteroatoms. The summed E-state index contributed by atoms with van der Waals surface area (Å²) in [7, 11) is 0. The summed E-state index contributed by atoms with van der Waals surface area (Å²) >= 11 is 1.31. The number of amides is 1. The standard InChI is InChI=1S/C24H23N3O3S/c1-5-30-24(29)20-18(17-10-9-14(2)15(3)12-17)13-31-23(20)26-22(28)21-16(4)25-19-8-6-7-11-27(19)21/h6-13H,5H2,1-4H3,(H,26,28). The van der Waals surface area contributed by atoms with Gasteiger partial charge in [-0.3, -0.25) is 9.20 Å². The third-order valence-corrected chi connectivity index (χ3v) is 6.13. The number of thiophene rings is 1. The SMILES string of the molecule is CCOC(=O)c1c(-c2ccc(C)c(C)c2)csc1NC(=O)c1c(C)nc2ccccn12. The summed E-state index contributed by atoms with van der Waals surface area (Å²) in [5, 5.41) is 5.26. The quantitative estimate of drug-likeness (QED) is 0.427. The van der Waals surface area contributed by atoms with E-state index in [9.17, 15) is 9.59 Å². The van der Waals surface area contributed by atoms with E-state index in [4.69, 9.17) is 4.74 Å². The number of hydrogen-bond acceptors (Lipinski definition) is 5. The number of fused-ring (bicyclic) bond motifs is 1. The molecular weight excluding hydrogens is 410 g/mol. The first-order valence-corrected chi connectivity index (χ1v) is 10.9. The van der Waals surface area contributed by atoms with E-state index >= 15 is 0 Å². The van der Waals surface area contributed by atoms with E-state index in [2.05, 4.69) is 10.3 Å². The molecule has 0 bridgehead atoms. The molecule has 1 aromatic carbocycles. The highest BCUT2D eigenvalue weighted by Crippen LogP contribution is 2.37. The van der Waals surface area contributed by atoms with Crippen molar-refractivity contribution >= 4 is 33.9 Å². The van der Waals surface area contributed by atoms with Crippen LogP contribution in [0.5, 0.6) is 0 Å². The molecule has 6 nitrogen and oxygen atoms in total. The highest BCUT2D eigenvalue weighted by Gasteiger charge is 2.25. The summed E-state index contributed by atoms with van der Waals surface area (Å²) in [5.74, 6) is -0.780. The Hall–Kier alpha value is -3.45. The summed E-state index contributed by atoms with van der Waals surface area (Å²) in [5.41, 5.74) is 6.08.